The Balaban J connectivity index is 2.04. The average Bonchev–Trinajstić information content (AvgIpc) is 3.16. The van der Waals surface area contributed by atoms with Crippen molar-refractivity contribution in [1.29, 1.82) is 0 Å². The van der Waals surface area contributed by atoms with Gasteiger partial charge in [0.1, 0.15) is 0 Å². The zero-order chi connectivity index (χ0) is 22.8. The third-order valence-corrected chi connectivity index (χ3v) is 7.75. The summed E-state index contributed by atoms with van der Waals surface area (Å²) < 4.78 is 51.4. The number of nitrogens with zero attached hydrogens (tertiary/aromatic N) is 2. The molecule has 0 aliphatic carbocycles. The maximum atomic E-state index is 13.4. The van der Waals surface area contributed by atoms with E-state index in [9.17, 15) is 13.2 Å². The number of benzene rings is 1. The fraction of sp³-hybridized carbons (Fsp3) is 0.400. The molecule has 11 heteroatoms. The average molecular weight is 457 g/mol. The van der Waals surface area contributed by atoms with Crippen molar-refractivity contribution in [3.63, 3.8) is 0 Å². The van der Waals surface area contributed by atoms with Crippen LogP contribution in [0.5, 0.6) is 5.75 Å². The van der Waals surface area contributed by atoms with E-state index < -0.39 is 19.2 Å². The molecule has 31 heavy (non-hydrogen) atoms. The van der Waals surface area contributed by atoms with Gasteiger partial charge in [-0.15, -0.1) is 0 Å². The van der Waals surface area contributed by atoms with E-state index in [1.54, 1.807) is 14.2 Å². The normalized spacial score (nSPS) is 12.8. The second kappa shape index (κ2) is 8.88. The van der Waals surface area contributed by atoms with Gasteiger partial charge in [-0.2, -0.15) is 0 Å². The van der Waals surface area contributed by atoms with E-state index >= 15 is 0 Å². The quantitative estimate of drug-likeness (QED) is 0.424. The van der Waals surface area contributed by atoms with Crippen LogP contribution in [0.3, 0.4) is 0 Å². The molecule has 0 aliphatic rings. The first-order valence-corrected chi connectivity index (χ1v) is 12.7. The summed E-state index contributed by atoms with van der Waals surface area (Å²) in [5, 5.41) is 7.00. The molecular formula is C20H27F3N5O2P. The molecule has 0 saturated heterocycles. The first kappa shape index (κ1) is 23.1. The summed E-state index contributed by atoms with van der Waals surface area (Å²) in [6.45, 7) is 6.54. The van der Waals surface area contributed by atoms with E-state index in [0.717, 1.165) is 17.9 Å². The molecule has 0 saturated carbocycles. The molecule has 0 spiro atoms. The first-order chi connectivity index (χ1) is 14.6. The number of hydrogen-bond acceptors (Lipinski definition) is 6. The number of rotatable bonds is 8. The van der Waals surface area contributed by atoms with E-state index in [-0.39, 0.29) is 22.8 Å². The van der Waals surface area contributed by atoms with Gasteiger partial charge in [0, 0.05) is 0 Å². The number of ether oxygens (including phenoxy) is 1. The molecule has 0 unspecified atom stereocenters. The van der Waals surface area contributed by atoms with Crippen molar-refractivity contribution in [2.24, 2.45) is 0 Å². The van der Waals surface area contributed by atoms with Crippen molar-refractivity contribution in [3.8, 4) is 5.75 Å². The Morgan fingerprint density at radius 1 is 1.16 bits per heavy atom. The molecule has 7 nitrogen and oxygen atoms in total. The van der Waals surface area contributed by atoms with Gasteiger partial charge in [-0.1, -0.05) is 0 Å². The molecule has 0 amide bonds. The SMILES string of the molecule is CCCNc1nc(Nc2ccc([PH](C)(C)OC)cc2OC)nc2[nH]cc(C(F)(F)F)c12. The second-order valence-electron chi connectivity index (χ2n) is 7.50. The molecule has 3 aromatic rings. The van der Waals surface area contributed by atoms with E-state index in [4.69, 9.17) is 9.26 Å². The van der Waals surface area contributed by atoms with Crippen LogP contribution in [-0.2, 0) is 10.7 Å². The minimum atomic E-state index is -4.52. The monoisotopic (exact) mass is 457 g/mol. The van der Waals surface area contributed by atoms with Crippen LogP contribution in [0.4, 0.5) is 30.6 Å². The summed E-state index contributed by atoms with van der Waals surface area (Å²) in [7, 11) is 1.18. The van der Waals surface area contributed by atoms with Crippen molar-refractivity contribution in [3.05, 3.63) is 30.0 Å². The van der Waals surface area contributed by atoms with Crippen molar-refractivity contribution < 1.29 is 22.4 Å². The Bertz CT molecular complexity index is 1070. The first-order valence-electron chi connectivity index (χ1n) is 9.81. The van der Waals surface area contributed by atoms with Gasteiger partial charge < -0.3 is 0 Å². The van der Waals surface area contributed by atoms with Crippen molar-refractivity contribution in [2.45, 2.75) is 19.5 Å². The van der Waals surface area contributed by atoms with Crippen LogP contribution in [0.2, 0.25) is 0 Å². The van der Waals surface area contributed by atoms with Gasteiger partial charge in [0.15, 0.2) is 0 Å². The van der Waals surface area contributed by atoms with Crippen molar-refractivity contribution in [2.75, 3.05) is 44.7 Å². The Kier molecular flexibility index (Phi) is 6.62. The number of alkyl halides is 3. The molecule has 1 aromatic carbocycles. The number of aromatic amines is 1. The van der Waals surface area contributed by atoms with E-state index in [1.807, 2.05) is 25.1 Å². The van der Waals surface area contributed by atoms with Crippen molar-refractivity contribution in [1.82, 2.24) is 15.0 Å². The summed E-state index contributed by atoms with van der Waals surface area (Å²) in [5.74, 6) is 0.826. The molecule has 2 aromatic heterocycles. The molecule has 0 atom stereocenters. The number of H-pyrrole nitrogens is 1. The standard InChI is InChI=1S/C20H27F3N5O2P/c1-6-9-24-17-16-13(20(21,22)23)11-25-18(16)28-19(27-17)26-14-8-7-12(10-15(14)29-2)31(4,5)30-3/h7-8,10-11,31H,6,9H2,1-5H3,(H3,24,25,26,27,28). The van der Waals surface area contributed by atoms with Crippen LogP contribution in [0.25, 0.3) is 11.0 Å². The Labute approximate surface area is 179 Å². The number of hydrogen-bond donors (Lipinski definition) is 3. The zero-order valence-electron chi connectivity index (χ0n) is 18.1. The van der Waals surface area contributed by atoms with E-state index in [1.165, 1.54) is 0 Å². The van der Waals surface area contributed by atoms with Gasteiger partial charge >= 0.3 is 179 Å². The number of fused-ring (bicyclic) bond motifs is 1. The summed E-state index contributed by atoms with van der Waals surface area (Å²) in [4.78, 5) is 11.2. The predicted molar refractivity (Wildman–Crippen MR) is 121 cm³/mol. The fourth-order valence-corrected chi connectivity index (χ4v) is 4.29. The van der Waals surface area contributed by atoms with Gasteiger partial charge in [0.05, 0.1) is 0 Å². The second-order valence-corrected chi connectivity index (χ2v) is 11.5. The van der Waals surface area contributed by atoms with Gasteiger partial charge in [0.25, 0.3) is 0 Å². The molecule has 0 bridgehead atoms. The summed E-state index contributed by atoms with van der Waals surface area (Å²) in [5.41, 5.74) is -0.121. The van der Waals surface area contributed by atoms with Gasteiger partial charge in [-0.05, 0) is 0 Å². The Morgan fingerprint density at radius 2 is 1.90 bits per heavy atom. The topological polar surface area (TPSA) is 84.1 Å². The number of methoxy groups -OCH3 is 1. The molecule has 3 rings (SSSR count). The number of anilines is 3. The molecule has 0 aliphatic heterocycles. The Hall–Kier alpha value is -2.58. The molecule has 170 valence electrons. The molecular weight excluding hydrogens is 430 g/mol. The summed E-state index contributed by atoms with van der Waals surface area (Å²) >= 11 is 0. The van der Waals surface area contributed by atoms with Crippen molar-refractivity contribution >= 4 is 41.3 Å². The third-order valence-electron chi connectivity index (χ3n) is 5.03. The molecule has 0 radical (unpaired) electrons. The number of nitrogens with one attached hydrogen (secondary N) is 3. The number of aromatic nitrogens is 3. The van der Waals surface area contributed by atoms with Gasteiger partial charge in [-0.25, -0.2) is 0 Å². The van der Waals surface area contributed by atoms with Crippen LogP contribution in [-0.4, -0.2) is 49.0 Å². The fourth-order valence-electron chi connectivity index (χ4n) is 3.09. The summed E-state index contributed by atoms with van der Waals surface area (Å²) in [6, 6.07) is 5.65. The van der Waals surface area contributed by atoms with E-state index in [0.29, 0.717) is 18.0 Å². The van der Waals surface area contributed by atoms with Crippen LogP contribution in [0.15, 0.2) is 24.4 Å². The molecule has 2 heterocycles. The predicted octanol–water partition coefficient (Wildman–Crippen LogP) is 4.75. The Morgan fingerprint density at radius 3 is 2.52 bits per heavy atom. The zero-order valence-corrected chi connectivity index (χ0v) is 19.1. The summed E-state index contributed by atoms with van der Waals surface area (Å²) in [6.07, 6.45) is -2.88. The third kappa shape index (κ3) is 4.85. The molecule has 0 fully saturated rings. The maximum absolute atomic E-state index is 13.4. The van der Waals surface area contributed by atoms with Gasteiger partial charge in [0.2, 0.25) is 0 Å². The van der Waals surface area contributed by atoms with Gasteiger partial charge in [-0.3, -0.25) is 0 Å². The van der Waals surface area contributed by atoms with E-state index in [2.05, 4.69) is 38.9 Å². The number of halogens is 3. The van der Waals surface area contributed by atoms with Crippen LogP contribution >= 0.6 is 7.49 Å². The minimum absolute atomic E-state index is 0.0818. The van der Waals surface area contributed by atoms with Crippen LogP contribution in [0.1, 0.15) is 18.9 Å². The van der Waals surface area contributed by atoms with Crippen LogP contribution in [0, 0.1) is 0 Å². The van der Waals surface area contributed by atoms with Crippen LogP contribution < -0.4 is 20.7 Å². The molecule has 3 N–H and O–H groups in total.